The minimum Gasteiger partial charge on any atom is -0.352 e. The van der Waals surface area contributed by atoms with Crippen molar-refractivity contribution in [2.45, 2.75) is 62.9 Å². The fourth-order valence-electron chi connectivity index (χ4n) is 4.60. The molecule has 0 saturated heterocycles. The first-order valence-electron chi connectivity index (χ1n) is 9.77. The highest BCUT2D eigenvalue weighted by molar-refractivity contribution is 7.89. The summed E-state index contributed by atoms with van der Waals surface area (Å²) >= 11 is 0. The predicted octanol–water partition coefficient (Wildman–Crippen LogP) is 2.37. The summed E-state index contributed by atoms with van der Waals surface area (Å²) in [5.41, 5.74) is 8.10. The highest BCUT2D eigenvalue weighted by atomic mass is 35.5. The second kappa shape index (κ2) is 9.11. The summed E-state index contributed by atoms with van der Waals surface area (Å²) in [5.74, 6) is 0.596. The van der Waals surface area contributed by atoms with Gasteiger partial charge in [-0.3, -0.25) is 4.79 Å². The van der Waals surface area contributed by atoms with E-state index in [2.05, 4.69) is 5.32 Å². The lowest BCUT2D eigenvalue weighted by Gasteiger charge is -2.45. The number of hydrogen-bond acceptors (Lipinski definition) is 4. The molecular formula is C20H32ClN3O3S. The van der Waals surface area contributed by atoms with E-state index >= 15 is 0 Å². The van der Waals surface area contributed by atoms with E-state index in [1.807, 2.05) is 13.8 Å². The first-order chi connectivity index (χ1) is 12.7. The van der Waals surface area contributed by atoms with Crippen LogP contribution in [0.4, 0.5) is 0 Å². The molecule has 2 aliphatic rings. The zero-order chi connectivity index (χ0) is 19.8. The third-order valence-electron chi connectivity index (χ3n) is 6.26. The van der Waals surface area contributed by atoms with Gasteiger partial charge in [-0.2, -0.15) is 4.31 Å². The normalized spacial score (nSPS) is 27.2. The second-order valence-corrected chi connectivity index (χ2v) is 10.3. The maximum atomic E-state index is 12.8. The summed E-state index contributed by atoms with van der Waals surface area (Å²) in [7, 11) is -2.23. The third kappa shape index (κ3) is 4.87. The van der Waals surface area contributed by atoms with Gasteiger partial charge in [-0.15, -0.1) is 12.4 Å². The van der Waals surface area contributed by atoms with Crippen molar-refractivity contribution >= 4 is 28.3 Å². The number of rotatable bonds is 5. The summed E-state index contributed by atoms with van der Waals surface area (Å²) in [4.78, 5) is 12.8. The van der Waals surface area contributed by atoms with Crippen molar-refractivity contribution in [1.82, 2.24) is 9.62 Å². The Hall–Kier alpha value is -1.15. The van der Waals surface area contributed by atoms with Crippen molar-refractivity contribution in [1.29, 1.82) is 0 Å². The zero-order valence-corrected chi connectivity index (χ0v) is 18.5. The number of halogens is 1. The van der Waals surface area contributed by atoms with Crippen LogP contribution in [0.2, 0.25) is 0 Å². The van der Waals surface area contributed by atoms with E-state index < -0.39 is 10.0 Å². The highest BCUT2D eigenvalue weighted by Gasteiger charge is 2.40. The number of carbonyl (C=O) groups excluding carboxylic acids is 1. The van der Waals surface area contributed by atoms with E-state index in [1.54, 1.807) is 18.2 Å². The van der Waals surface area contributed by atoms with Gasteiger partial charge in [0.25, 0.3) is 0 Å². The number of benzene rings is 1. The number of aryl methyl sites for hydroxylation is 2. The van der Waals surface area contributed by atoms with Crippen LogP contribution < -0.4 is 11.1 Å². The molecule has 0 aromatic heterocycles. The third-order valence-corrected chi connectivity index (χ3v) is 8.06. The first-order valence-corrected chi connectivity index (χ1v) is 11.2. The smallest absolute Gasteiger partial charge is 0.243 e. The van der Waals surface area contributed by atoms with Crippen LogP contribution in [0.25, 0.3) is 0 Å². The van der Waals surface area contributed by atoms with Gasteiger partial charge in [-0.25, -0.2) is 8.42 Å². The van der Waals surface area contributed by atoms with Crippen molar-refractivity contribution in [3.05, 3.63) is 29.3 Å². The molecule has 2 bridgehead atoms. The molecule has 2 saturated carbocycles. The van der Waals surface area contributed by atoms with Gasteiger partial charge < -0.3 is 11.1 Å². The molecule has 158 valence electrons. The van der Waals surface area contributed by atoms with Crippen LogP contribution in [0.3, 0.4) is 0 Å². The Morgan fingerprint density at radius 1 is 1.18 bits per heavy atom. The van der Waals surface area contributed by atoms with Crippen LogP contribution in [0.1, 0.15) is 43.2 Å². The number of nitrogens with zero attached hydrogens (tertiary/aromatic N) is 1. The van der Waals surface area contributed by atoms with Crippen LogP contribution in [0.15, 0.2) is 23.1 Å². The molecule has 28 heavy (non-hydrogen) atoms. The fraction of sp³-hybridized carbons (Fsp3) is 0.650. The number of sulfonamides is 1. The Kier molecular flexibility index (Phi) is 7.53. The molecule has 3 rings (SSSR count). The van der Waals surface area contributed by atoms with Crippen LogP contribution in [0, 0.1) is 25.7 Å². The van der Waals surface area contributed by atoms with Crippen LogP contribution in [0.5, 0.6) is 0 Å². The van der Waals surface area contributed by atoms with Gasteiger partial charge >= 0.3 is 0 Å². The number of hydrogen-bond donors (Lipinski definition) is 2. The summed E-state index contributed by atoms with van der Waals surface area (Å²) < 4.78 is 26.7. The lowest BCUT2D eigenvalue weighted by Crippen LogP contribution is -2.55. The molecular weight excluding hydrogens is 398 g/mol. The SMILES string of the molecule is Cc1ccc(S(=O)(=O)N(C)CC(=O)NC2C3CCCC2CC(N)C3)cc1C.Cl. The molecule has 2 fully saturated rings. The van der Waals surface area contributed by atoms with Gasteiger partial charge in [0.05, 0.1) is 11.4 Å². The Labute approximate surface area is 174 Å². The summed E-state index contributed by atoms with van der Waals surface area (Å²) in [6.07, 6.45) is 5.25. The quantitative estimate of drug-likeness (QED) is 0.751. The predicted molar refractivity (Wildman–Crippen MR) is 113 cm³/mol. The fourth-order valence-corrected chi connectivity index (χ4v) is 5.81. The van der Waals surface area contributed by atoms with Gasteiger partial charge in [-0.05, 0) is 74.6 Å². The van der Waals surface area contributed by atoms with E-state index in [1.165, 1.54) is 13.5 Å². The van der Waals surface area contributed by atoms with Gasteiger partial charge in [0.2, 0.25) is 15.9 Å². The molecule has 6 nitrogen and oxygen atoms in total. The lowest BCUT2D eigenvalue weighted by molar-refractivity contribution is -0.123. The monoisotopic (exact) mass is 429 g/mol. The number of nitrogens with one attached hydrogen (secondary N) is 1. The second-order valence-electron chi connectivity index (χ2n) is 8.28. The summed E-state index contributed by atoms with van der Waals surface area (Å²) in [5, 5.41) is 3.12. The number of likely N-dealkylation sites (N-methyl/N-ethyl adjacent to an activating group) is 1. The average molecular weight is 430 g/mol. The molecule has 2 unspecified atom stereocenters. The molecule has 0 radical (unpaired) electrons. The van der Waals surface area contributed by atoms with Crippen molar-refractivity contribution < 1.29 is 13.2 Å². The molecule has 0 heterocycles. The van der Waals surface area contributed by atoms with Crippen LogP contribution in [-0.2, 0) is 14.8 Å². The Morgan fingerprint density at radius 3 is 2.36 bits per heavy atom. The Morgan fingerprint density at radius 2 is 1.79 bits per heavy atom. The van der Waals surface area contributed by atoms with E-state index in [0.717, 1.165) is 41.1 Å². The van der Waals surface area contributed by atoms with E-state index in [-0.39, 0.29) is 41.8 Å². The highest BCUT2D eigenvalue weighted by Crippen LogP contribution is 2.39. The Balaban J connectivity index is 0.00000280. The Bertz CT molecular complexity index is 801. The number of nitrogens with two attached hydrogens (primary N) is 1. The van der Waals surface area contributed by atoms with Crippen molar-refractivity contribution in [2.24, 2.45) is 17.6 Å². The minimum atomic E-state index is -3.69. The molecule has 1 aromatic rings. The van der Waals surface area contributed by atoms with Crippen molar-refractivity contribution in [3.8, 4) is 0 Å². The lowest BCUT2D eigenvalue weighted by atomic mass is 9.67. The maximum Gasteiger partial charge on any atom is 0.243 e. The molecule has 1 amide bonds. The number of carbonyl (C=O) groups is 1. The number of amides is 1. The van der Waals surface area contributed by atoms with E-state index in [0.29, 0.717) is 11.8 Å². The molecule has 8 heteroatoms. The average Bonchev–Trinajstić information content (AvgIpc) is 2.58. The minimum absolute atomic E-state index is 0. The van der Waals surface area contributed by atoms with Gasteiger partial charge in [0.15, 0.2) is 0 Å². The van der Waals surface area contributed by atoms with Crippen molar-refractivity contribution in [3.63, 3.8) is 0 Å². The van der Waals surface area contributed by atoms with Gasteiger partial charge in [0.1, 0.15) is 0 Å². The van der Waals surface area contributed by atoms with Gasteiger partial charge in [0, 0.05) is 19.1 Å². The van der Waals surface area contributed by atoms with Crippen LogP contribution in [-0.4, -0.2) is 44.3 Å². The molecule has 0 aliphatic heterocycles. The topological polar surface area (TPSA) is 92.5 Å². The molecule has 2 aliphatic carbocycles. The zero-order valence-electron chi connectivity index (χ0n) is 16.8. The summed E-state index contributed by atoms with van der Waals surface area (Å²) in [6.45, 7) is 3.65. The molecule has 1 aromatic carbocycles. The number of fused-ring (bicyclic) bond motifs is 2. The summed E-state index contributed by atoms with van der Waals surface area (Å²) in [6, 6.07) is 5.40. The van der Waals surface area contributed by atoms with E-state index in [9.17, 15) is 13.2 Å². The largest absolute Gasteiger partial charge is 0.352 e. The van der Waals surface area contributed by atoms with Crippen LogP contribution >= 0.6 is 12.4 Å². The standard InChI is InChI=1S/C20H31N3O3S.ClH/c1-13-7-8-18(9-14(13)2)27(25,26)23(3)12-19(24)22-20-15-5-4-6-16(20)11-17(21)10-15;/h7-9,15-17,20H,4-6,10-12,21H2,1-3H3,(H,22,24);1H. The first kappa shape index (κ1) is 23.1. The van der Waals surface area contributed by atoms with Gasteiger partial charge in [-0.1, -0.05) is 12.5 Å². The van der Waals surface area contributed by atoms with Crippen molar-refractivity contribution in [2.75, 3.05) is 13.6 Å². The van der Waals surface area contributed by atoms with E-state index in [4.69, 9.17) is 5.73 Å². The molecule has 0 spiro atoms. The molecule has 2 atom stereocenters. The maximum absolute atomic E-state index is 12.8. The molecule has 3 N–H and O–H groups in total.